The van der Waals surface area contributed by atoms with Crippen LogP contribution in [0.5, 0.6) is 0 Å². The molecule has 308 valence electrons. The number of aliphatic carboxylic acids is 2. The summed E-state index contributed by atoms with van der Waals surface area (Å²) >= 11 is 0. The number of carboxylic acids is 2. The molecule has 1 aromatic rings. The monoisotopic (exact) mass is 778 g/mol. The molecule has 10 atom stereocenters. The molecule has 0 saturated heterocycles. The van der Waals surface area contributed by atoms with Crippen LogP contribution in [-0.2, 0) is 32.3 Å². The van der Waals surface area contributed by atoms with E-state index in [1.54, 1.807) is 30.1 Å². The Morgan fingerprint density at radius 3 is 1.31 bits per heavy atom. The predicted molar refractivity (Wildman–Crippen MR) is 183 cm³/mol. The minimum atomic E-state index is -1.93. The summed E-state index contributed by atoms with van der Waals surface area (Å²) in [5.41, 5.74) is 0.756. The van der Waals surface area contributed by atoms with Gasteiger partial charge in [-0.2, -0.15) is 0 Å². The highest BCUT2D eigenvalue weighted by molar-refractivity contribution is 5.85. The van der Waals surface area contributed by atoms with E-state index in [4.69, 9.17) is 10.2 Å². The summed E-state index contributed by atoms with van der Waals surface area (Å²) in [6, 6.07) is 2.07. The molecule has 54 heavy (non-hydrogen) atoms. The molecule has 0 radical (unpaired) electrons. The van der Waals surface area contributed by atoms with Crippen molar-refractivity contribution < 1.29 is 80.5 Å². The lowest BCUT2D eigenvalue weighted by Gasteiger charge is -2.33. The molecule has 2 bridgehead atoms. The molecule has 0 spiro atoms. The summed E-state index contributed by atoms with van der Waals surface area (Å²) in [4.78, 5) is 59.8. The number of hydrogen-bond acceptors (Lipinski definition) is 18. The zero-order chi connectivity index (χ0) is 40.7. The highest BCUT2D eigenvalue weighted by atomic mass is 16.4. The van der Waals surface area contributed by atoms with E-state index in [-0.39, 0.29) is 39.3 Å². The molecule has 1 aromatic heterocycles. The molecule has 2 rings (SSSR count). The standard InChI is InChI=1S/C32H54N6O16/c1-36-5-7-37(19(31(51)52)9-25(45)33-11-21(41)27(47)29(49)23(43)15-39)13-17-3-2-4-18(35-17)14-38(8-6-36)20(32(53)54)10-26(46)34-12-22(42)28(48)30(50)24(44)16-40/h2-4,19-24,27-30,39-44,47-50H,5-16H2,1H3,(H,33,45)(H,34,46)(H,51,52)(H,53,54)/t19?,20?,21-,22-,23+,24+,27+,28+,29+,30+/m0/s1. The first-order valence-electron chi connectivity index (χ1n) is 17.2. The van der Waals surface area contributed by atoms with Crippen molar-refractivity contribution in [2.24, 2.45) is 0 Å². The van der Waals surface area contributed by atoms with E-state index in [1.807, 2.05) is 0 Å². The van der Waals surface area contributed by atoms with Crippen LogP contribution >= 0.6 is 0 Å². The Balaban J connectivity index is 2.18. The molecule has 22 heteroatoms. The van der Waals surface area contributed by atoms with Gasteiger partial charge in [0.2, 0.25) is 11.8 Å². The Morgan fingerprint density at radius 2 is 0.981 bits per heavy atom. The van der Waals surface area contributed by atoms with Crippen molar-refractivity contribution in [3.8, 4) is 0 Å². The molecule has 2 amide bonds. The summed E-state index contributed by atoms with van der Waals surface area (Å²) in [6.07, 6.45) is -15.9. The van der Waals surface area contributed by atoms with Crippen molar-refractivity contribution in [3.63, 3.8) is 0 Å². The number of aromatic nitrogens is 1. The molecule has 0 fully saturated rings. The van der Waals surface area contributed by atoms with Crippen molar-refractivity contribution in [1.29, 1.82) is 0 Å². The van der Waals surface area contributed by atoms with E-state index in [9.17, 15) is 70.2 Å². The van der Waals surface area contributed by atoms with Gasteiger partial charge in [0, 0.05) is 52.4 Å². The maximum absolute atomic E-state index is 12.8. The second kappa shape index (κ2) is 22.8. The molecule has 0 aliphatic carbocycles. The Hall–Kier alpha value is -3.49. The van der Waals surface area contributed by atoms with Crippen molar-refractivity contribution >= 4 is 23.8 Å². The first kappa shape index (κ1) is 46.7. The molecule has 22 nitrogen and oxygen atoms in total. The third kappa shape index (κ3) is 14.6. The van der Waals surface area contributed by atoms with E-state index in [2.05, 4.69) is 15.6 Å². The van der Waals surface area contributed by atoms with Gasteiger partial charge < -0.3 is 76.8 Å². The summed E-state index contributed by atoms with van der Waals surface area (Å²) in [6.45, 7) is -2.42. The smallest absolute Gasteiger partial charge is 0.321 e. The number of carboxylic acid groups (broad SMARTS) is 2. The van der Waals surface area contributed by atoms with Gasteiger partial charge in [-0.15, -0.1) is 0 Å². The maximum atomic E-state index is 12.8. The molecular weight excluding hydrogens is 724 g/mol. The van der Waals surface area contributed by atoms with Crippen LogP contribution in [0.4, 0.5) is 0 Å². The van der Waals surface area contributed by atoms with E-state index >= 15 is 0 Å². The minimum absolute atomic E-state index is 0.0541. The van der Waals surface area contributed by atoms with Gasteiger partial charge in [-0.1, -0.05) is 6.07 Å². The number of pyridine rings is 1. The normalized spacial score (nSPS) is 20.7. The number of fused-ring (bicyclic) bond motifs is 2. The number of rotatable bonds is 20. The van der Waals surface area contributed by atoms with Gasteiger partial charge in [0.25, 0.3) is 0 Å². The largest absolute Gasteiger partial charge is 0.480 e. The van der Waals surface area contributed by atoms with Crippen LogP contribution in [0.25, 0.3) is 0 Å². The summed E-state index contributed by atoms with van der Waals surface area (Å²) in [7, 11) is 1.70. The third-order valence-corrected chi connectivity index (χ3v) is 9.01. The Morgan fingerprint density at radius 1 is 0.630 bits per heavy atom. The summed E-state index contributed by atoms with van der Waals surface area (Å²) in [5, 5.41) is 122. The molecule has 1 aliphatic rings. The SMILES string of the molecule is CN1CCN(C(CC(=O)NC[C@H](O)[C@@H](O)[C@H](O)[C@H](O)CO)C(=O)O)Cc2cccc(n2)CN(C(CC(=O)NC[C@H](O)[C@@H](O)[C@H](O)[C@H](O)CO)C(=O)O)CC1. The van der Waals surface area contributed by atoms with Crippen LogP contribution in [0.15, 0.2) is 18.2 Å². The molecular formula is C32H54N6O16. The van der Waals surface area contributed by atoms with Crippen LogP contribution in [0.1, 0.15) is 24.2 Å². The van der Waals surface area contributed by atoms with E-state index in [1.165, 1.54) is 9.80 Å². The second-order valence-electron chi connectivity index (χ2n) is 13.2. The number of hydrogen-bond donors (Lipinski definition) is 14. The fraction of sp³-hybridized carbons (Fsp3) is 0.719. The lowest BCUT2D eigenvalue weighted by molar-refractivity contribution is -0.146. The number of aliphatic hydroxyl groups excluding tert-OH is 10. The fourth-order valence-electron chi connectivity index (χ4n) is 5.57. The molecule has 0 aromatic carbocycles. The third-order valence-electron chi connectivity index (χ3n) is 9.01. The maximum Gasteiger partial charge on any atom is 0.321 e. The zero-order valence-electron chi connectivity index (χ0n) is 29.8. The lowest BCUT2D eigenvalue weighted by Crippen LogP contribution is -2.51. The topological polar surface area (TPSA) is 358 Å². The average Bonchev–Trinajstić information content (AvgIpc) is 3.14. The van der Waals surface area contributed by atoms with Crippen LogP contribution in [-0.4, -0.2) is 225 Å². The molecule has 2 heterocycles. The number of likely N-dealkylation sites (N-methyl/N-ethyl adjacent to an activating group) is 1. The summed E-state index contributed by atoms with van der Waals surface area (Å²) in [5.74, 6) is -4.30. The number of nitrogens with one attached hydrogen (secondary N) is 2. The minimum Gasteiger partial charge on any atom is -0.480 e. The fourth-order valence-corrected chi connectivity index (χ4v) is 5.57. The Bertz CT molecular complexity index is 1250. The van der Waals surface area contributed by atoms with E-state index in [0.717, 1.165) is 0 Å². The van der Waals surface area contributed by atoms with Crippen molar-refractivity contribution in [2.45, 2.75) is 86.8 Å². The van der Waals surface area contributed by atoms with Gasteiger partial charge in [-0.05, 0) is 19.2 Å². The van der Waals surface area contributed by atoms with Crippen LogP contribution in [0.3, 0.4) is 0 Å². The predicted octanol–water partition coefficient (Wildman–Crippen LogP) is -7.58. The van der Waals surface area contributed by atoms with Crippen LogP contribution in [0, 0.1) is 0 Å². The van der Waals surface area contributed by atoms with E-state index < -0.39 is 124 Å². The van der Waals surface area contributed by atoms with Gasteiger partial charge in [-0.3, -0.25) is 34.0 Å². The Labute approximate surface area is 310 Å². The number of carbonyl (C=O) groups is 4. The highest BCUT2D eigenvalue weighted by Crippen LogP contribution is 2.16. The average molecular weight is 779 g/mol. The van der Waals surface area contributed by atoms with Crippen molar-refractivity contribution in [2.75, 3.05) is 59.5 Å². The number of nitrogens with zero attached hydrogens (tertiary/aromatic N) is 4. The van der Waals surface area contributed by atoms with Gasteiger partial charge in [0.15, 0.2) is 0 Å². The Kier molecular flexibility index (Phi) is 19.7. The van der Waals surface area contributed by atoms with Crippen molar-refractivity contribution in [1.82, 2.24) is 30.3 Å². The number of carbonyl (C=O) groups excluding carboxylic acids is 2. The first-order chi connectivity index (χ1) is 25.4. The van der Waals surface area contributed by atoms with Gasteiger partial charge in [0.1, 0.15) is 48.7 Å². The van der Waals surface area contributed by atoms with Gasteiger partial charge in [-0.25, -0.2) is 0 Å². The molecule has 0 saturated carbocycles. The van der Waals surface area contributed by atoms with Gasteiger partial charge in [0.05, 0.1) is 49.7 Å². The zero-order valence-corrected chi connectivity index (χ0v) is 29.8. The highest BCUT2D eigenvalue weighted by Gasteiger charge is 2.34. The lowest BCUT2D eigenvalue weighted by atomic mass is 10.0. The van der Waals surface area contributed by atoms with Crippen molar-refractivity contribution in [3.05, 3.63) is 29.6 Å². The second-order valence-corrected chi connectivity index (χ2v) is 13.2. The van der Waals surface area contributed by atoms with E-state index in [0.29, 0.717) is 11.4 Å². The van der Waals surface area contributed by atoms with Crippen LogP contribution in [0.2, 0.25) is 0 Å². The quantitative estimate of drug-likeness (QED) is 0.0584. The van der Waals surface area contributed by atoms with Gasteiger partial charge >= 0.3 is 11.9 Å². The molecule has 14 N–H and O–H groups in total. The number of amides is 2. The number of aliphatic hydroxyl groups is 10. The van der Waals surface area contributed by atoms with Crippen LogP contribution < -0.4 is 10.6 Å². The first-order valence-corrected chi connectivity index (χ1v) is 17.2. The summed E-state index contributed by atoms with van der Waals surface area (Å²) < 4.78 is 0. The molecule has 2 unspecified atom stereocenters. The molecule has 1 aliphatic heterocycles.